The van der Waals surface area contributed by atoms with E-state index in [1.807, 2.05) is 18.2 Å². The van der Waals surface area contributed by atoms with E-state index in [4.69, 9.17) is 10.7 Å². The first kappa shape index (κ1) is 13.7. The first-order valence-electron chi connectivity index (χ1n) is 7.29. The van der Waals surface area contributed by atoms with Crippen LogP contribution in [0.5, 0.6) is 0 Å². The van der Waals surface area contributed by atoms with Gasteiger partial charge in [-0.25, -0.2) is 4.98 Å². The number of hydrogen-bond donors (Lipinski definition) is 1. The molecule has 1 aromatic heterocycles. The van der Waals surface area contributed by atoms with Gasteiger partial charge in [0.2, 0.25) is 0 Å². The summed E-state index contributed by atoms with van der Waals surface area (Å²) in [5, 5.41) is 1.06. The highest BCUT2D eigenvalue weighted by molar-refractivity contribution is 7.11. The molecule has 0 amide bonds. The van der Waals surface area contributed by atoms with E-state index in [0.29, 0.717) is 0 Å². The predicted molar refractivity (Wildman–Crippen MR) is 83.9 cm³/mol. The van der Waals surface area contributed by atoms with Gasteiger partial charge in [0.25, 0.3) is 0 Å². The minimum absolute atomic E-state index is 0.0913. The Morgan fingerprint density at radius 1 is 1.35 bits per heavy atom. The van der Waals surface area contributed by atoms with Gasteiger partial charge < -0.3 is 5.73 Å². The highest BCUT2D eigenvalue weighted by Gasteiger charge is 2.22. The van der Waals surface area contributed by atoms with Gasteiger partial charge in [0.05, 0.1) is 11.7 Å². The lowest BCUT2D eigenvalue weighted by Crippen LogP contribution is -2.30. The average Bonchev–Trinajstić information content (AvgIpc) is 2.91. The molecule has 106 valence electrons. The van der Waals surface area contributed by atoms with Crippen molar-refractivity contribution in [3.05, 3.63) is 51.5 Å². The normalized spacial score (nSPS) is 16.9. The largest absolute Gasteiger partial charge is 0.318 e. The minimum Gasteiger partial charge on any atom is -0.318 e. The van der Waals surface area contributed by atoms with Gasteiger partial charge >= 0.3 is 0 Å². The van der Waals surface area contributed by atoms with Crippen molar-refractivity contribution < 1.29 is 0 Å². The van der Waals surface area contributed by atoms with Crippen LogP contribution in [0.3, 0.4) is 0 Å². The Kier molecular flexibility index (Phi) is 4.15. The summed E-state index contributed by atoms with van der Waals surface area (Å²) in [6.07, 6.45) is 2.28. The van der Waals surface area contributed by atoms with Crippen molar-refractivity contribution in [2.24, 2.45) is 5.73 Å². The van der Waals surface area contributed by atoms with Gasteiger partial charge in [-0.3, -0.25) is 4.90 Å². The molecule has 1 aliphatic rings. The van der Waals surface area contributed by atoms with E-state index in [-0.39, 0.29) is 6.04 Å². The smallest absolute Gasteiger partial charge is 0.114 e. The summed E-state index contributed by atoms with van der Waals surface area (Å²) in [4.78, 5) is 8.71. The molecule has 4 heteroatoms. The molecule has 0 saturated heterocycles. The molecule has 0 bridgehead atoms. The predicted octanol–water partition coefficient (Wildman–Crippen LogP) is 2.96. The Morgan fingerprint density at radius 2 is 2.15 bits per heavy atom. The van der Waals surface area contributed by atoms with Crippen LogP contribution < -0.4 is 5.73 Å². The van der Waals surface area contributed by atoms with Gasteiger partial charge in [-0.15, -0.1) is 11.3 Å². The number of rotatable bonds is 4. The molecule has 2 N–H and O–H groups in total. The zero-order valence-corrected chi connectivity index (χ0v) is 12.7. The van der Waals surface area contributed by atoms with E-state index in [2.05, 4.69) is 24.0 Å². The van der Waals surface area contributed by atoms with E-state index < -0.39 is 0 Å². The van der Waals surface area contributed by atoms with Crippen LogP contribution in [0.1, 0.15) is 40.5 Å². The van der Waals surface area contributed by atoms with Gasteiger partial charge in [-0.1, -0.05) is 37.3 Å². The van der Waals surface area contributed by atoms with Crippen LogP contribution in [0.4, 0.5) is 0 Å². The summed E-state index contributed by atoms with van der Waals surface area (Å²) in [6, 6.07) is 10.2. The van der Waals surface area contributed by atoms with Crippen LogP contribution in [0.25, 0.3) is 0 Å². The minimum atomic E-state index is -0.0913. The van der Waals surface area contributed by atoms with Crippen LogP contribution >= 0.6 is 11.3 Å². The maximum absolute atomic E-state index is 6.36. The molecule has 1 aliphatic heterocycles. The maximum atomic E-state index is 6.36. The molecule has 2 heterocycles. The highest BCUT2D eigenvalue weighted by atomic mass is 32.1. The molecule has 0 spiro atoms. The molecular formula is C16H21N3S. The van der Waals surface area contributed by atoms with Crippen LogP contribution in [0, 0.1) is 0 Å². The zero-order chi connectivity index (χ0) is 13.9. The van der Waals surface area contributed by atoms with Crippen molar-refractivity contribution in [2.75, 3.05) is 13.1 Å². The lowest BCUT2D eigenvalue weighted by Gasteiger charge is -2.25. The fourth-order valence-electron chi connectivity index (χ4n) is 2.71. The summed E-state index contributed by atoms with van der Waals surface area (Å²) in [6.45, 7) is 5.59. The van der Waals surface area contributed by atoms with E-state index >= 15 is 0 Å². The Balaban J connectivity index is 1.80. The van der Waals surface area contributed by atoms with Gasteiger partial charge in [0.1, 0.15) is 5.01 Å². The van der Waals surface area contributed by atoms with E-state index in [1.54, 1.807) is 11.3 Å². The third kappa shape index (κ3) is 2.77. The molecule has 2 aromatic rings. The molecule has 0 fully saturated rings. The Labute approximate surface area is 124 Å². The van der Waals surface area contributed by atoms with E-state index in [0.717, 1.165) is 30.1 Å². The van der Waals surface area contributed by atoms with Crippen molar-refractivity contribution in [3.8, 4) is 0 Å². The Bertz CT molecular complexity index is 564. The zero-order valence-electron chi connectivity index (χ0n) is 11.9. The van der Waals surface area contributed by atoms with Crippen molar-refractivity contribution in [1.29, 1.82) is 0 Å². The number of hydrogen-bond acceptors (Lipinski definition) is 4. The highest BCUT2D eigenvalue weighted by Crippen LogP contribution is 2.30. The quantitative estimate of drug-likeness (QED) is 0.940. The van der Waals surface area contributed by atoms with Crippen molar-refractivity contribution in [1.82, 2.24) is 9.88 Å². The molecule has 3 rings (SSSR count). The van der Waals surface area contributed by atoms with Crippen molar-refractivity contribution in [2.45, 2.75) is 32.4 Å². The number of nitrogens with two attached hydrogens (primary N) is 1. The molecule has 0 aliphatic carbocycles. The SMILES string of the molecule is CCCN1CCc2nc(C(N)c3ccccc3)sc2C1. The first-order chi connectivity index (χ1) is 9.78. The van der Waals surface area contributed by atoms with Gasteiger partial charge in [0.15, 0.2) is 0 Å². The maximum Gasteiger partial charge on any atom is 0.114 e. The number of thiazole rings is 1. The molecule has 1 atom stereocenters. The lowest BCUT2D eigenvalue weighted by molar-refractivity contribution is 0.256. The summed E-state index contributed by atoms with van der Waals surface area (Å²) in [5.41, 5.74) is 8.77. The third-order valence-electron chi connectivity index (χ3n) is 3.79. The molecule has 3 nitrogen and oxygen atoms in total. The second-order valence-corrected chi connectivity index (χ2v) is 6.45. The first-order valence-corrected chi connectivity index (χ1v) is 8.11. The monoisotopic (exact) mass is 287 g/mol. The summed E-state index contributed by atoms with van der Waals surface area (Å²) >= 11 is 1.79. The Hall–Kier alpha value is -1.23. The topological polar surface area (TPSA) is 42.2 Å². The average molecular weight is 287 g/mol. The van der Waals surface area contributed by atoms with Crippen LogP contribution in [0.2, 0.25) is 0 Å². The molecule has 1 unspecified atom stereocenters. The van der Waals surface area contributed by atoms with Gasteiger partial charge in [-0.05, 0) is 18.5 Å². The third-order valence-corrected chi connectivity index (χ3v) is 4.96. The lowest BCUT2D eigenvalue weighted by atomic mass is 10.1. The molecule has 0 saturated carbocycles. The van der Waals surface area contributed by atoms with E-state index in [1.165, 1.54) is 23.5 Å². The molecule has 1 aromatic carbocycles. The standard InChI is InChI=1S/C16H21N3S/c1-2-9-19-10-8-13-14(11-19)20-16(18-13)15(17)12-6-4-3-5-7-12/h3-7,15H,2,8-11,17H2,1H3. The number of fused-ring (bicyclic) bond motifs is 1. The van der Waals surface area contributed by atoms with Gasteiger partial charge in [0, 0.05) is 24.4 Å². The van der Waals surface area contributed by atoms with Gasteiger partial charge in [-0.2, -0.15) is 0 Å². The Morgan fingerprint density at radius 3 is 2.90 bits per heavy atom. The second-order valence-electron chi connectivity index (χ2n) is 5.34. The van der Waals surface area contributed by atoms with E-state index in [9.17, 15) is 0 Å². The van der Waals surface area contributed by atoms with Crippen LogP contribution in [-0.4, -0.2) is 23.0 Å². The molecular weight excluding hydrogens is 266 g/mol. The number of aromatic nitrogens is 1. The van der Waals surface area contributed by atoms with Crippen molar-refractivity contribution >= 4 is 11.3 Å². The van der Waals surface area contributed by atoms with Crippen LogP contribution in [0.15, 0.2) is 30.3 Å². The molecule has 20 heavy (non-hydrogen) atoms. The summed E-state index contributed by atoms with van der Waals surface area (Å²) in [5.74, 6) is 0. The fraction of sp³-hybridized carbons (Fsp3) is 0.438. The molecule has 0 radical (unpaired) electrons. The second kappa shape index (κ2) is 6.04. The summed E-state index contributed by atoms with van der Waals surface area (Å²) < 4.78 is 0. The number of nitrogens with zero attached hydrogens (tertiary/aromatic N) is 2. The van der Waals surface area contributed by atoms with Crippen molar-refractivity contribution in [3.63, 3.8) is 0 Å². The summed E-state index contributed by atoms with van der Waals surface area (Å²) in [7, 11) is 0. The number of benzene rings is 1. The fourth-order valence-corrected chi connectivity index (χ4v) is 3.90. The van der Waals surface area contributed by atoms with Crippen LogP contribution in [-0.2, 0) is 13.0 Å².